The second-order valence-corrected chi connectivity index (χ2v) is 6.10. The molecule has 2 rings (SSSR count). The quantitative estimate of drug-likeness (QED) is 0.828. The molecule has 2 unspecified atom stereocenters. The van der Waals surface area contributed by atoms with E-state index in [0.29, 0.717) is 12.0 Å². The lowest BCUT2D eigenvalue weighted by Gasteiger charge is -2.26. The molecule has 3 nitrogen and oxygen atoms in total. The Morgan fingerprint density at radius 3 is 2.88 bits per heavy atom. The maximum absolute atomic E-state index is 6.27. The van der Waals surface area contributed by atoms with Gasteiger partial charge in [-0.15, -0.1) is 11.3 Å². The average molecular weight is 239 g/mol. The van der Waals surface area contributed by atoms with Crippen LogP contribution >= 0.6 is 11.3 Å². The SMILES string of the molecule is Cc1csc(C(C)NCC(C)(N)C2CC2)n1. The lowest BCUT2D eigenvalue weighted by atomic mass is 9.97. The van der Waals surface area contributed by atoms with Crippen molar-refractivity contribution in [1.82, 2.24) is 10.3 Å². The molecular formula is C12H21N3S. The zero-order valence-electron chi connectivity index (χ0n) is 10.3. The lowest BCUT2D eigenvalue weighted by molar-refractivity contribution is 0.362. The van der Waals surface area contributed by atoms with Gasteiger partial charge in [-0.25, -0.2) is 4.98 Å². The fraction of sp³-hybridized carbons (Fsp3) is 0.750. The van der Waals surface area contributed by atoms with Crippen molar-refractivity contribution >= 4 is 11.3 Å². The summed E-state index contributed by atoms with van der Waals surface area (Å²) < 4.78 is 0. The van der Waals surface area contributed by atoms with Crippen LogP contribution < -0.4 is 11.1 Å². The summed E-state index contributed by atoms with van der Waals surface area (Å²) in [7, 11) is 0. The Morgan fingerprint density at radius 1 is 1.69 bits per heavy atom. The third-order valence-electron chi connectivity index (χ3n) is 3.31. The van der Waals surface area contributed by atoms with Crippen LogP contribution in [0, 0.1) is 12.8 Å². The van der Waals surface area contributed by atoms with Crippen LogP contribution in [0.4, 0.5) is 0 Å². The van der Waals surface area contributed by atoms with Crippen molar-refractivity contribution in [2.75, 3.05) is 6.54 Å². The van der Waals surface area contributed by atoms with E-state index in [2.05, 4.69) is 29.5 Å². The third-order valence-corrected chi connectivity index (χ3v) is 4.45. The van der Waals surface area contributed by atoms with Gasteiger partial charge in [-0.05, 0) is 39.5 Å². The molecule has 0 saturated heterocycles. The summed E-state index contributed by atoms with van der Waals surface area (Å²) in [6.07, 6.45) is 2.58. The second-order valence-electron chi connectivity index (χ2n) is 5.21. The van der Waals surface area contributed by atoms with Crippen LogP contribution in [-0.2, 0) is 0 Å². The molecule has 0 aliphatic heterocycles. The topological polar surface area (TPSA) is 50.9 Å². The summed E-state index contributed by atoms with van der Waals surface area (Å²) in [6.45, 7) is 7.21. The lowest BCUT2D eigenvalue weighted by Crippen LogP contribution is -2.48. The predicted molar refractivity (Wildman–Crippen MR) is 68.6 cm³/mol. The zero-order valence-corrected chi connectivity index (χ0v) is 11.1. The fourth-order valence-electron chi connectivity index (χ4n) is 1.92. The van der Waals surface area contributed by atoms with Crippen molar-refractivity contribution in [2.24, 2.45) is 11.7 Å². The van der Waals surface area contributed by atoms with Crippen LogP contribution in [0.2, 0.25) is 0 Å². The highest BCUT2D eigenvalue weighted by Crippen LogP contribution is 2.37. The van der Waals surface area contributed by atoms with Gasteiger partial charge in [-0.3, -0.25) is 0 Å². The monoisotopic (exact) mass is 239 g/mol. The van der Waals surface area contributed by atoms with E-state index in [-0.39, 0.29) is 5.54 Å². The molecule has 1 heterocycles. The van der Waals surface area contributed by atoms with Gasteiger partial charge in [0.05, 0.1) is 6.04 Å². The third kappa shape index (κ3) is 2.81. The minimum absolute atomic E-state index is 0.0550. The zero-order chi connectivity index (χ0) is 11.8. The van der Waals surface area contributed by atoms with Crippen LogP contribution in [-0.4, -0.2) is 17.1 Å². The van der Waals surface area contributed by atoms with Crippen molar-refractivity contribution < 1.29 is 0 Å². The van der Waals surface area contributed by atoms with Crippen LogP contribution in [0.15, 0.2) is 5.38 Å². The molecule has 2 atom stereocenters. The van der Waals surface area contributed by atoms with Crippen LogP contribution in [0.1, 0.15) is 43.4 Å². The second kappa shape index (κ2) is 4.43. The summed E-state index contributed by atoms with van der Waals surface area (Å²) in [5, 5.41) is 6.75. The normalized spacial score (nSPS) is 21.8. The summed E-state index contributed by atoms with van der Waals surface area (Å²) in [5.74, 6) is 0.713. The number of hydrogen-bond donors (Lipinski definition) is 2. The molecule has 0 bridgehead atoms. The number of rotatable bonds is 5. The highest BCUT2D eigenvalue weighted by Gasteiger charge is 2.38. The number of nitrogens with zero attached hydrogens (tertiary/aromatic N) is 1. The van der Waals surface area contributed by atoms with Crippen LogP contribution in [0.25, 0.3) is 0 Å². The Balaban J connectivity index is 1.85. The Morgan fingerprint density at radius 2 is 2.38 bits per heavy atom. The van der Waals surface area contributed by atoms with Crippen LogP contribution in [0.5, 0.6) is 0 Å². The van der Waals surface area contributed by atoms with Crippen molar-refractivity contribution in [3.05, 3.63) is 16.1 Å². The summed E-state index contributed by atoms with van der Waals surface area (Å²) >= 11 is 1.72. The number of thiazole rings is 1. The Labute approximate surface area is 101 Å². The number of nitrogens with one attached hydrogen (secondary N) is 1. The van der Waals surface area contributed by atoms with E-state index in [4.69, 9.17) is 5.73 Å². The first kappa shape index (κ1) is 12.0. The maximum atomic E-state index is 6.27. The molecule has 1 aliphatic carbocycles. The minimum Gasteiger partial charge on any atom is -0.324 e. The van der Waals surface area contributed by atoms with Gasteiger partial charge in [0.15, 0.2) is 0 Å². The van der Waals surface area contributed by atoms with Crippen LogP contribution in [0.3, 0.4) is 0 Å². The molecule has 1 fully saturated rings. The molecule has 16 heavy (non-hydrogen) atoms. The van der Waals surface area contributed by atoms with Gasteiger partial charge in [-0.1, -0.05) is 0 Å². The van der Waals surface area contributed by atoms with Gasteiger partial charge >= 0.3 is 0 Å². The molecule has 0 radical (unpaired) electrons. The average Bonchev–Trinajstić information content (AvgIpc) is 2.99. The Kier molecular flexibility index (Phi) is 3.33. The van der Waals surface area contributed by atoms with E-state index in [1.54, 1.807) is 11.3 Å². The molecule has 1 aliphatic rings. The van der Waals surface area contributed by atoms with Gasteiger partial charge in [0.1, 0.15) is 5.01 Å². The van der Waals surface area contributed by atoms with Gasteiger partial charge < -0.3 is 11.1 Å². The first-order valence-corrected chi connectivity index (χ1v) is 6.81. The van der Waals surface area contributed by atoms with Crippen molar-refractivity contribution in [1.29, 1.82) is 0 Å². The van der Waals surface area contributed by atoms with Gasteiger partial charge in [0.2, 0.25) is 0 Å². The fourth-order valence-corrected chi connectivity index (χ4v) is 2.75. The van der Waals surface area contributed by atoms with E-state index >= 15 is 0 Å². The molecule has 90 valence electrons. The smallest absolute Gasteiger partial charge is 0.110 e. The summed E-state index contributed by atoms with van der Waals surface area (Å²) in [4.78, 5) is 4.49. The first-order chi connectivity index (χ1) is 7.49. The van der Waals surface area contributed by atoms with Gasteiger partial charge in [0, 0.05) is 23.2 Å². The van der Waals surface area contributed by atoms with E-state index < -0.39 is 0 Å². The maximum Gasteiger partial charge on any atom is 0.110 e. The molecular weight excluding hydrogens is 218 g/mol. The molecule has 3 N–H and O–H groups in total. The molecule has 1 aromatic heterocycles. The standard InChI is InChI=1S/C12H21N3S/c1-8-6-16-11(15-8)9(2)14-7-12(3,13)10-4-5-10/h6,9-10,14H,4-5,7,13H2,1-3H3. The molecule has 1 saturated carbocycles. The van der Waals surface area contributed by atoms with E-state index in [1.165, 1.54) is 12.8 Å². The Hall–Kier alpha value is -0.450. The van der Waals surface area contributed by atoms with Gasteiger partial charge in [-0.2, -0.15) is 0 Å². The van der Waals surface area contributed by atoms with E-state index in [1.807, 2.05) is 6.92 Å². The van der Waals surface area contributed by atoms with Crippen molar-refractivity contribution in [3.63, 3.8) is 0 Å². The molecule has 1 aromatic rings. The largest absolute Gasteiger partial charge is 0.324 e. The number of aryl methyl sites for hydroxylation is 1. The number of aromatic nitrogens is 1. The number of nitrogens with two attached hydrogens (primary N) is 1. The van der Waals surface area contributed by atoms with Crippen molar-refractivity contribution in [2.45, 2.75) is 45.2 Å². The Bertz CT molecular complexity index is 355. The molecule has 4 heteroatoms. The highest BCUT2D eigenvalue weighted by atomic mass is 32.1. The minimum atomic E-state index is -0.0550. The highest BCUT2D eigenvalue weighted by molar-refractivity contribution is 7.09. The van der Waals surface area contributed by atoms with Crippen molar-refractivity contribution in [3.8, 4) is 0 Å². The molecule has 0 spiro atoms. The first-order valence-electron chi connectivity index (χ1n) is 5.93. The summed E-state index contributed by atoms with van der Waals surface area (Å²) in [5.41, 5.74) is 7.32. The van der Waals surface area contributed by atoms with E-state index in [9.17, 15) is 0 Å². The summed E-state index contributed by atoms with van der Waals surface area (Å²) in [6, 6.07) is 0.306. The molecule has 0 aromatic carbocycles. The van der Waals surface area contributed by atoms with Gasteiger partial charge in [0.25, 0.3) is 0 Å². The predicted octanol–water partition coefficient (Wildman–Crippen LogP) is 2.23. The molecule has 0 amide bonds. The van der Waals surface area contributed by atoms with E-state index in [0.717, 1.165) is 17.2 Å². The number of hydrogen-bond acceptors (Lipinski definition) is 4.